The van der Waals surface area contributed by atoms with Crippen LogP contribution in [0.15, 0.2) is 58.8 Å². The molecule has 2 aromatic carbocycles. The highest BCUT2D eigenvalue weighted by atomic mass is 32.2. The maximum absolute atomic E-state index is 12.6. The van der Waals surface area contributed by atoms with Crippen LogP contribution >= 0.6 is 11.3 Å². The molecule has 3 rings (SSSR count). The second-order valence-electron chi connectivity index (χ2n) is 6.18. The van der Waals surface area contributed by atoms with Crippen LogP contribution < -0.4 is 10.1 Å². The summed E-state index contributed by atoms with van der Waals surface area (Å²) in [6.07, 6.45) is 0. The molecule has 0 spiro atoms. The molecule has 7 nitrogen and oxygen atoms in total. The van der Waals surface area contributed by atoms with E-state index in [4.69, 9.17) is 0 Å². The molecule has 0 aliphatic rings. The summed E-state index contributed by atoms with van der Waals surface area (Å²) >= 11 is 1.12. The third-order valence-corrected chi connectivity index (χ3v) is 6.59. The molecule has 0 unspecified atom stereocenters. The van der Waals surface area contributed by atoms with Gasteiger partial charge in [-0.15, -0.1) is 11.3 Å². The van der Waals surface area contributed by atoms with E-state index in [-0.39, 0.29) is 21.3 Å². The van der Waals surface area contributed by atoms with E-state index in [1.165, 1.54) is 44.4 Å². The zero-order valence-electron chi connectivity index (χ0n) is 15.9. The zero-order chi connectivity index (χ0) is 21.9. The van der Waals surface area contributed by atoms with Crippen LogP contribution in [-0.4, -0.2) is 44.3 Å². The first kappa shape index (κ1) is 21.8. The maximum Gasteiger partial charge on any atom is 0.387 e. The highest BCUT2D eigenvalue weighted by Gasteiger charge is 2.18. The number of alkyl halides is 2. The van der Waals surface area contributed by atoms with Gasteiger partial charge in [0.15, 0.2) is 5.13 Å². The van der Waals surface area contributed by atoms with Crippen molar-refractivity contribution in [2.24, 2.45) is 0 Å². The van der Waals surface area contributed by atoms with Crippen molar-refractivity contribution >= 4 is 32.4 Å². The quantitative estimate of drug-likeness (QED) is 0.586. The number of nitrogens with zero attached hydrogens (tertiary/aromatic N) is 2. The van der Waals surface area contributed by atoms with Crippen molar-refractivity contribution in [2.45, 2.75) is 11.5 Å². The van der Waals surface area contributed by atoms with Crippen molar-refractivity contribution in [3.8, 4) is 17.0 Å². The Labute approximate surface area is 176 Å². The first-order valence-corrected chi connectivity index (χ1v) is 10.8. The molecule has 0 aliphatic carbocycles. The average molecular weight is 453 g/mol. The molecule has 1 heterocycles. The third kappa shape index (κ3) is 4.81. The lowest BCUT2D eigenvalue weighted by Crippen LogP contribution is -2.22. The van der Waals surface area contributed by atoms with E-state index in [1.54, 1.807) is 23.6 Å². The number of thiazole rings is 1. The van der Waals surface area contributed by atoms with E-state index in [9.17, 15) is 22.0 Å². The first-order chi connectivity index (χ1) is 14.2. The molecule has 158 valence electrons. The van der Waals surface area contributed by atoms with Crippen LogP contribution in [0.5, 0.6) is 5.75 Å². The van der Waals surface area contributed by atoms with Crippen LogP contribution in [0.3, 0.4) is 0 Å². The minimum Gasteiger partial charge on any atom is -0.434 e. The number of ether oxygens (including phenoxy) is 1. The molecule has 30 heavy (non-hydrogen) atoms. The van der Waals surface area contributed by atoms with Gasteiger partial charge in [-0.05, 0) is 36.4 Å². The minimum atomic E-state index is -3.59. The van der Waals surface area contributed by atoms with Gasteiger partial charge in [0.1, 0.15) is 5.75 Å². The van der Waals surface area contributed by atoms with E-state index in [2.05, 4.69) is 15.0 Å². The predicted octanol–water partition coefficient (Wildman–Crippen LogP) is 3.91. The number of aromatic nitrogens is 1. The molecular weight excluding hydrogens is 436 g/mol. The van der Waals surface area contributed by atoms with Crippen molar-refractivity contribution in [2.75, 3.05) is 19.4 Å². The Morgan fingerprint density at radius 3 is 2.43 bits per heavy atom. The molecule has 1 amide bonds. The Bertz CT molecular complexity index is 1150. The van der Waals surface area contributed by atoms with Gasteiger partial charge in [-0.2, -0.15) is 8.78 Å². The van der Waals surface area contributed by atoms with Crippen molar-refractivity contribution in [3.63, 3.8) is 0 Å². The van der Waals surface area contributed by atoms with Crippen molar-refractivity contribution in [1.29, 1.82) is 0 Å². The summed E-state index contributed by atoms with van der Waals surface area (Å²) < 4.78 is 55.0. The second-order valence-corrected chi connectivity index (χ2v) is 9.19. The van der Waals surface area contributed by atoms with E-state index < -0.39 is 22.5 Å². The molecule has 0 atom stereocenters. The fraction of sp³-hybridized carbons (Fsp3) is 0.158. The number of para-hydroxylation sites is 1. The van der Waals surface area contributed by atoms with E-state index in [0.717, 1.165) is 15.6 Å². The Morgan fingerprint density at radius 2 is 1.80 bits per heavy atom. The van der Waals surface area contributed by atoms with Crippen molar-refractivity contribution in [3.05, 3.63) is 59.5 Å². The predicted molar refractivity (Wildman–Crippen MR) is 109 cm³/mol. The third-order valence-electron chi connectivity index (χ3n) is 4.00. The lowest BCUT2D eigenvalue weighted by Gasteiger charge is -2.11. The largest absolute Gasteiger partial charge is 0.434 e. The Balaban J connectivity index is 1.76. The molecule has 1 N–H and O–H groups in total. The number of anilines is 1. The van der Waals surface area contributed by atoms with Gasteiger partial charge in [0.25, 0.3) is 5.91 Å². The summed E-state index contributed by atoms with van der Waals surface area (Å²) in [5.41, 5.74) is 0.984. The number of rotatable bonds is 7. The average Bonchev–Trinajstić information content (AvgIpc) is 3.16. The number of nitrogens with one attached hydrogen (secondary N) is 1. The molecule has 0 radical (unpaired) electrons. The van der Waals surface area contributed by atoms with E-state index in [0.29, 0.717) is 11.3 Å². The molecule has 0 bridgehead atoms. The fourth-order valence-electron chi connectivity index (χ4n) is 2.49. The monoisotopic (exact) mass is 453 g/mol. The first-order valence-electron chi connectivity index (χ1n) is 8.52. The SMILES string of the molecule is CN(C)S(=O)(=O)c1ccc(C(=O)Nc2nc(-c3ccccc3OC(F)F)cs2)cc1. The van der Waals surface area contributed by atoms with Gasteiger partial charge in [-0.3, -0.25) is 10.1 Å². The molecule has 3 aromatic rings. The minimum absolute atomic E-state index is 0.0200. The summed E-state index contributed by atoms with van der Waals surface area (Å²) in [6.45, 7) is -2.97. The highest BCUT2D eigenvalue weighted by molar-refractivity contribution is 7.89. The Morgan fingerprint density at radius 1 is 1.13 bits per heavy atom. The molecule has 1 aromatic heterocycles. The topological polar surface area (TPSA) is 88.6 Å². The Hall–Kier alpha value is -2.89. The van der Waals surface area contributed by atoms with Crippen LogP contribution in [0.4, 0.5) is 13.9 Å². The second kappa shape index (κ2) is 8.86. The van der Waals surface area contributed by atoms with Crippen LogP contribution in [0.25, 0.3) is 11.3 Å². The summed E-state index contributed by atoms with van der Waals surface area (Å²) in [5.74, 6) is -0.504. The summed E-state index contributed by atoms with van der Waals surface area (Å²) in [4.78, 5) is 16.8. The number of sulfonamides is 1. The number of carbonyl (C=O) groups excluding carboxylic acids is 1. The van der Waals surface area contributed by atoms with Crippen LogP contribution in [0.2, 0.25) is 0 Å². The Kier molecular flexibility index (Phi) is 6.44. The summed E-state index contributed by atoms with van der Waals surface area (Å²) in [6, 6.07) is 11.7. The molecule has 0 aliphatic heterocycles. The van der Waals surface area contributed by atoms with Crippen LogP contribution in [-0.2, 0) is 10.0 Å². The number of hydrogen-bond acceptors (Lipinski definition) is 6. The van der Waals surface area contributed by atoms with Crippen LogP contribution in [0, 0.1) is 0 Å². The number of carbonyl (C=O) groups is 1. The molecule has 0 saturated carbocycles. The lowest BCUT2D eigenvalue weighted by atomic mass is 10.1. The smallest absolute Gasteiger partial charge is 0.387 e. The van der Waals surface area contributed by atoms with Crippen LogP contribution in [0.1, 0.15) is 10.4 Å². The maximum atomic E-state index is 12.6. The normalized spacial score (nSPS) is 11.7. The van der Waals surface area contributed by atoms with Gasteiger partial charge >= 0.3 is 6.61 Å². The van der Waals surface area contributed by atoms with Gasteiger partial charge in [0, 0.05) is 30.6 Å². The molecule has 0 saturated heterocycles. The molecular formula is C19H17F2N3O4S2. The summed E-state index contributed by atoms with van der Waals surface area (Å²) in [5, 5.41) is 4.47. The van der Waals surface area contributed by atoms with Gasteiger partial charge in [0.05, 0.1) is 10.6 Å². The highest BCUT2D eigenvalue weighted by Crippen LogP contribution is 2.33. The number of benzene rings is 2. The van der Waals surface area contributed by atoms with Crippen molar-refractivity contribution < 1.29 is 26.7 Å². The van der Waals surface area contributed by atoms with E-state index in [1.807, 2.05) is 0 Å². The lowest BCUT2D eigenvalue weighted by molar-refractivity contribution is -0.0494. The van der Waals surface area contributed by atoms with Gasteiger partial charge in [0.2, 0.25) is 10.0 Å². The number of amides is 1. The molecule has 11 heteroatoms. The van der Waals surface area contributed by atoms with E-state index >= 15 is 0 Å². The fourth-order valence-corrected chi connectivity index (χ4v) is 4.10. The van der Waals surface area contributed by atoms with Gasteiger partial charge in [-0.25, -0.2) is 17.7 Å². The molecule has 0 fully saturated rings. The van der Waals surface area contributed by atoms with Gasteiger partial charge < -0.3 is 4.74 Å². The van der Waals surface area contributed by atoms with Gasteiger partial charge in [-0.1, -0.05) is 12.1 Å². The zero-order valence-corrected chi connectivity index (χ0v) is 17.5. The number of hydrogen-bond donors (Lipinski definition) is 1. The number of halogens is 2. The summed E-state index contributed by atoms with van der Waals surface area (Å²) in [7, 11) is -0.758. The van der Waals surface area contributed by atoms with Crippen molar-refractivity contribution in [1.82, 2.24) is 9.29 Å². The standard InChI is InChI=1S/C19H17F2N3O4S2/c1-24(2)30(26,27)13-9-7-12(8-10-13)17(25)23-19-22-15(11-29-19)14-5-3-4-6-16(14)28-18(20)21/h3-11,18H,1-2H3,(H,22,23,25).